The van der Waals surface area contributed by atoms with Crippen LogP contribution in [0.25, 0.3) is 0 Å². The maximum Gasteiger partial charge on any atom is 0.0533 e. The van der Waals surface area contributed by atoms with Crippen LogP contribution in [0.4, 0.5) is 0 Å². The fourth-order valence-corrected chi connectivity index (χ4v) is 1.70. The predicted molar refractivity (Wildman–Crippen MR) is 54.4 cm³/mol. The van der Waals surface area contributed by atoms with Gasteiger partial charge in [0.2, 0.25) is 0 Å². The first-order valence-electron chi connectivity index (χ1n) is 4.22. The second-order valence-corrected chi connectivity index (χ2v) is 4.03. The first-order chi connectivity index (χ1) is 5.65. The first-order valence-corrected chi connectivity index (χ1v) is 5.34. The Labute approximate surface area is 82.1 Å². The Bertz CT molecular complexity index is 253. The molecule has 1 rings (SSSR count). The minimum atomic E-state index is 0.659. The van der Waals surface area contributed by atoms with Gasteiger partial charge in [-0.1, -0.05) is 29.8 Å². The summed E-state index contributed by atoms with van der Waals surface area (Å²) in [5.74, 6) is 0.659. The summed E-state index contributed by atoms with van der Waals surface area (Å²) < 4.78 is 2.07. The van der Waals surface area contributed by atoms with Crippen molar-refractivity contribution in [1.82, 2.24) is 9.78 Å². The molecule has 0 fully saturated rings. The summed E-state index contributed by atoms with van der Waals surface area (Å²) in [4.78, 5) is 0. The molecule has 12 heavy (non-hydrogen) atoms. The minimum absolute atomic E-state index is 0.659. The molecular formula is C9H15BrN2. The Kier molecular flexibility index (Phi) is 3.32. The van der Waals surface area contributed by atoms with E-state index in [4.69, 9.17) is 0 Å². The van der Waals surface area contributed by atoms with Gasteiger partial charge in [0.1, 0.15) is 0 Å². The van der Waals surface area contributed by atoms with E-state index in [0.29, 0.717) is 5.92 Å². The number of hydrogen-bond donors (Lipinski definition) is 0. The quantitative estimate of drug-likeness (QED) is 0.731. The number of rotatable bonds is 3. The third kappa shape index (κ3) is 2.09. The van der Waals surface area contributed by atoms with Crippen molar-refractivity contribution in [3.8, 4) is 0 Å². The monoisotopic (exact) mass is 230 g/mol. The number of alkyl halides is 1. The van der Waals surface area contributed by atoms with Gasteiger partial charge in [0, 0.05) is 23.1 Å². The molecule has 0 N–H and O–H groups in total. The maximum absolute atomic E-state index is 4.31. The molecule has 0 aliphatic carbocycles. The zero-order valence-electron chi connectivity index (χ0n) is 7.84. The Morgan fingerprint density at radius 2 is 2.25 bits per heavy atom. The molecule has 0 spiro atoms. The highest BCUT2D eigenvalue weighted by Crippen LogP contribution is 2.12. The molecule has 1 aromatic heterocycles. The Balaban J connectivity index is 2.80. The van der Waals surface area contributed by atoms with Gasteiger partial charge in [-0.25, -0.2) is 0 Å². The summed E-state index contributed by atoms with van der Waals surface area (Å²) in [6.45, 7) is 7.54. The van der Waals surface area contributed by atoms with E-state index in [1.165, 1.54) is 11.3 Å². The highest BCUT2D eigenvalue weighted by molar-refractivity contribution is 9.08. The number of hydrogen-bond acceptors (Lipinski definition) is 1. The van der Waals surface area contributed by atoms with E-state index < -0.39 is 0 Å². The Morgan fingerprint density at radius 3 is 2.67 bits per heavy atom. The Morgan fingerprint density at radius 1 is 1.58 bits per heavy atom. The van der Waals surface area contributed by atoms with Crippen molar-refractivity contribution in [2.45, 2.75) is 32.6 Å². The van der Waals surface area contributed by atoms with Crippen molar-refractivity contribution in [2.24, 2.45) is 5.92 Å². The van der Waals surface area contributed by atoms with Gasteiger partial charge in [-0.15, -0.1) is 0 Å². The van der Waals surface area contributed by atoms with Gasteiger partial charge in [0.15, 0.2) is 0 Å². The van der Waals surface area contributed by atoms with Crippen LogP contribution in [0.1, 0.15) is 25.1 Å². The lowest BCUT2D eigenvalue weighted by molar-refractivity contribution is 0.474. The first kappa shape index (κ1) is 9.78. The van der Waals surface area contributed by atoms with Crippen LogP contribution in [-0.2, 0) is 11.9 Å². The van der Waals surface area contributed by atoms with Crippen LogP contribution in [0, 0.1) is 12.8 Å². The van der Waals surface area contributed by atoms with Gasteiger partial charge in [0.05, 0.1) is 6.20 Å². The summed E-state index contributed by atoms with van der Waals surface area (Å²) in [5.41, 5.74) is 2.57. The van der Waals surface area contributed by atoms with E-state index in [0.717, 1.165) is 11.9 Å². The van der Waals surface area contributed by atoms with E-state index in [-0.39, 0.29) is 0 Å². The summed E-state index contributed by atoms with van der Waals surface area (Å²) in [6.07, 6.45) is 1.94. The molecule has 0 amide bonds. The molecule has 0 saturated heterocycles. The van der Waals surface area contributed by atoms with Crippen LogP contribution < -0.4 is 0 Å². The van der Waals surface area contributed by atoms with Gasteiger partial charge in [0.25, 0.3) is 0 Å². The van der Waals surface area contributed by atoms with Crippen molar-refractivity contribution in [3.05, 3.63) is 17.5 Å². The van der Waals surface area contributed by atoms with Crippen molar-refractivity contribution in [1.29, 1.82) is 0 Å². The van der Waals surface area contributed by atoms with Crippen LogP contribution in [0.15, 0.2) is 6.20 Å². The molecule has 3 heteroatoms. The third-order valence-electron chi connectivity index (χ3n) is 1.89. The van der Waals surface area contributed by atoms with Crippen LogP contribution in [0.3, 0.4) is 0 Å². The van der Waals surface area contributed by atoms with Crippen molar-refractivity contribution < 1.29 is 0 Å². The van der Waals surface area contributed by atoms with E-state index in [1.54, 1.807) is 0 Å². The SMILES string of the molecule is Cc1c(CBr)cnn1CC(C)C. The molecular weight excluding hydrogens is 216 g/mol. The van der Waals surface area contributed by atoms with E-state index in [9.17, 15) is 0 Å². The average molecular weight is 231 g/mol. The molecule has 0 atom stereocenters. The van der Waals surface area contributed by atoms with Crippen molar-refractivity contribution in [2.75, 3.05) is 0 Å². The molecule has 0 aliphatic heterocycles. The largest absolute Gasteiger partial charge is 0.269 e. The number of halogens is 1. The molecule has 2 nitrogen and oxygen atoms in total. The zero-order chi connectivity index (χ0) is 9.14. The van der Waals surface area contributed by atoms with E-state index in [2.05, 4.69) is 46.5 Å². The lowest BCUT2D eigenvalue weighted by atomic mass is 10.2. The molecule has 1 heterocycles. The summed E-state index contributed by atoms with van der Waals surface area (Å²) in [5, 5.41) is 5.21. The van der Waals surface area contributed by atoms with Crippen LogP contribution in [0.5, 0.6) is 0 Å². The molecule has 0 aliphatic rings. The second kappa shape index (κ2) is 4.08. The van der Waals surface area contributed by atoms with E-state index in [1.807, 2.05) is 6.20 Å². The summed E-state index contributed by atoms with van der Waals surface area (Å²) in [6, 6.07) is 0. The molecule has 0 radical (unpaired) electrons. The van der Waals surface area contributed by atoms with Crippen molar-refractivity contribution >= 4 is 15.9 Å². The summed E-state index contributed by atoms with van der Waals surface area (Å²) >= 11 is 3.43. The zero-order valence-corrected chi connectivity index (χ0v) is 9.43. The fraction of sp³-hybridized carbons (Fsp3) is 0.667. The molecule has 68 valence electrons. The number of nitrogens with zero attached hydrogens (tertiary/aromatic N) is 2. The minimum Gasteiger partial charge on any atom is -0.269 e. The highest BCUT2D eigenvalue weighted by atomic mass is 79.9. The Hall–Kier alpha value is -0.310. The third-order valence-corrected chi connectivity index (χ3v) is 2.49. The summed E-state index contributed by atoms with van der Waals surface area (Å²) in [7, 11) is 0. The van der Waals surface area contributed by atoms with Crippen molar-refractivity contribution in [3.63, 3.8) is 0 Å². The molecule has 1 aromatic rings. The smallest absolute Gasteiger partial charge is 0.0533 e. The predicted octanol–water partition coefficient (Wildman–Crippen LogP) is 2.74. The maximum atomic E-state index is 4.31. The molecule has 0 saturated carbocycles. The average Bonchev–Trinajstić information content (AvgIpc) is 2.32. The van der Waals surface area contributed by atoms with Crippen LogP contribution >= 0.6 is 15.9 Å². The standard InChI is InChI=1S/C9H15BrN2/c1-7(2)6-12-8(3)9(4-10)5-11-12/h5,7H,4,6H2,1-3H3. The molecule has 0 aromatic carbocycles. The van der Waals surface area contributed by atoms with Crippen LogP contribution in [-0.4, -0.2) is 9.78 Å². The van der Waals surface area contributed by atoms with Gasteiger partial charge in [-0.05, 0) is 12.8 Å². The second-order valence-electron chi connectivity index (χ2n) is 3.46. The highest BCUT2D eigenvalue weighted by Gasteiger charge is 2.05. The lowest BCUT2D eigenvalue weighted by Crippen LogP contribution is -2.07. The number of aromatic nitrogens is 2. The molecule has 0 unspecified atom stereocenters. The molecule has 0 bridgehead atoms. The van der Waals surface area contributed by atoms with Gasteiger partial charge in [-0.3, -0.25) is 4.68 Å². The van der Waals surface area contributed by atoms with Crippen LogP contribution in [0.2, 0.25) is 0 Å². The van der Waals surface area contributed by atoms with Gasteiger partial charge >= 0.3 is 0 Å². The topological polar surface area (TPSA) is 17.8 Å². The lowest BCUT2D eigenvalue weighted by Gasteiger charge is -2.07. The fourth-order valence-electron chi connectivity index (χ4n) is 1.15. The van der Waals surface area contributed by atoms with Gasteiger partial charge in [-0.2, -0.15) is 5.10 Å². The van der Waals surface area contributed by atoms with E-state index >= 15 is 0 Å². The normalized spacial score (nSPS) is 11.1. The van der Waals surface area contributed by atoms with Gasteiger partial charge < -0.3 is 0 Å².